The average Bonchev–Trinajstić information content (AvgIpc) is 2.14. The number of hydrogen-bond donors (Lipinski definition) is 1. The second kappa shape index (κ2) is 5.01. The zero-order valence-electron chi connectivity index (χ0n) is 8.05. The number of sulfonamides is 1. The van der Waals surface area contributed by atoms with Crippen LogP contribution in [0.15, 0.2) is 18.2 Å². The molecule has 0 aliphatic rings. The van der Waals surface area contributed by atoms with Gasteiger partial charge in [0, 0.05) is 16.6 Å². The van der Waals surface area contributed by atoms with Gasteiger partial charge in [-0.3, -0.25) is 0 Å². The number of rotatable bonds is 3. The van der Waals surface area contributed by atoms with Gasteiger partial charge >= 0.3 is 15.5 Å². The van der Waals surface area contributed by atoms with Crippen molar-refractivity contribution in [1.29, 1.82) is 0 Å². The van der Waals surface area contributed by atoms with Crippen LogP contribution in [0.4, 0.5) is 13.2 Å². The molecule has 96 valence electrons. The largest absolute Gasteiger partial charge is 0.511 e. The van der Waals surface area contributed by atoms with Crippen molar-refractivity contribution < 1.29 is 21.6 Å². The maximum absolute atomic E-state index is 12.0. The van der Waals surface area contributed by atoms with E-state index in [2.05, 4.69) is 0 Å². The van der Waals surface area contributed by atoms with Gasteiger partial charge in [0.05, 0.1) is 0 Å². The average molecular weight is 308 g/mol. The van der Waals surface area contributed by atoms with Gasteiger partial charge in [-0.2, -0.15) is 13.2 Å². The molecule has 0 spiro atoms. The lowest BCUT2D eigenvalue weighted by molar-refractivity contribution is -0.0448. The Morgan fingerprint density at radius 2 is 1.82 bits per heavy atom. The van der Waals surface area contributed by atoms with E-state index < -0.39 is 22.1 Å². The van der Waals surface area contributed by atoms with Crippen LogP contribution in [0, 0.1) is 0 Å². The van der Waals surface area contributed by atoms with Crippen molar-refractivity contribution in [2.24, 2.45) is 0 Å². The van der Waals surface area contributed by atoms with Gasteiger partial charge in [-0.25, -0.2) is 13.1 Å². The Morgan fingerprint density at radius 3 is 2.29 bits per heavy atom. The summed E-state index contributed by atoms with van der Waals surface area (Å²) in [5, 5.41) is 0.389. The van der Waals surface area contributed by atoms with E-state index in [0.29, 0.717) is 5.02 Å². The first-order chi connectivity index (χ1) is 7.63. The van der Waals surface area contributed by atoms with E-state index in [1.807, 2.05) is 0 Å². The third kappa shape index (κ3) is 3.74. The van der Waals surface area contributed by atoms with Crippen molar-refractivity contribution in [1.82, 2.24) is 4.72 Å². The SMILES string of the molecule is O=S(=O)(NCc1ccc(Cl)cc1Cl)C(F)(F)F. The van der Waals surface area contributed by atoms with E-state index in [1.165, 1.54) is 22.9 Å². The van der Waals surface area contributed by atoms with Crippen molar-refractivity contribution in [3.05, 3.63) is 33.8 Å². The lowest BCUT2D eigenvalue weighted by atomic mass is 10.2. The Kier molecular flexibility index (Phi) is 4.29. The summed E-state index contributed by atoms with van der Waals surface area (Å²) in [5.41, 5.74) is -5.14. The monoisotopic (exact) mass is 307 g/mol. The first-order valence-corrected chi connectivity index (χ1v) is 6.37. The number of halogens is 5. The predicted molar refractivity (Wildman–Crippen MR) is 58.3 cm³/mol. The summed E-state index contributed by atoms with van der Waals surface area (Å²) in [5.74, 6) is 0. The van der Waals surface area contributed by atoms with Crippen molar-refractivity contribution in [3.63, 3.8) is 0 Å². The lowest BCUT2D eigenvalue weighted by Gasteiger charge is -2.10. The second-order valence-electron chi connectivity index (χ2n) is 3.01. The summed E-state index contributed by atoms with van der Waals surface area (Å²) in [7, 11) is -5.36. The molecule has 0 amide bonds. The van der Waals surface area contributed by atoms with Crippen molar-refractivity contribution in [2.45, 2.75) is 12.1 Å². The molecule has 9 heteroatoms. The molecule has 1 aromatic carbocycles. The molecule has 0 unspecified atom stereocenters. The van der Waals surface area contributed by atoms with Crippen LogP contribution in [-0.2, 0) is 16.6 Å². The van der Waals surface area contributed by atoms with Crippen molar-refractivity contribution in [2.75, 3.05) is 0 Å². The summed E-state index contributed by atoms with van der Waals surface area (Å²) >= 11 is 11.2. The van der Waals surface area contributed by atoms with Gasteiger partial charge in [0.25, 0.3) is 0 Å². The Bertz CT molecular complexity index is 516. The minimum atomic E-state index is -5.36. The molecule has 0 heterocycles. The highest BCUT2D eigenvalue weighted by molar-refractivity contribution is 7.90. The van der Waals surface area contributed by atoms with Gasteiger partial charge < -0.3 is 0 Å². The van der Waals surface area contributed by atoms with Gasteiger partial charge in [0.2, 0.25) is 0 Å². The van der Waals surface area contributed by atoms with E-state index in [1.54, 1.807) is 0 Å². The minimum absolute atomic E-state index is 0.0855. The third-order valence-corrected chi connectivity index (χ3v) is 3.49. The van der Waals surface area contributed by atoms with Gasteiger partial charge in [-0.05, 0) is 17.7 Å². The Balaban J connectivity index is 2.82. The second-order valence-corrected chi connectivity index (χ2v) is 5.61. The topological polar surface area (TPSA) is 46.2 Å². The molecule has 1 N–H and O–H groups in total. The summed E-state index contributed by atoms with van der Waals surface area (Å²) in [6.07, 6.45) is 0. The van der Waals surface area contributed by atoms with E-state index in [9.17, 15) is 21.6 Å². The Hall–Kier alpha value is -0.500. The summed E-state index contributed by atoms with van der Waals surface area (Å²) in [6, 6.07) is 4.04. The van der Waals surface area contributed by atoms with Crippen LogP contribution in [-0.4, -0.2) is 13.9 Å². The molecule has 0 atom stereocenters. The zero-order chi connectivity index (χ0) is 13.3. The van der Waals surface area contributed by atoms with Gasteiger partial charge in [0.1, 0.15) is 0 Å². The summed E-state index contributed by atoms with van der Waals surface area (Å²) in [6.45, 7) is -0.558. The highest BCUT2D eigenvalue weighted by Crippen LogP contribution is 2.24. The summed E-state index contributed by atoms with van der Waals surface area (Å²) in [4.78, 5) is 0. The molecule has 0 aliphatic heterocycles. The molecular weight excluding hydrogens is 302 g/mol. The van der Waals surface area contributed by atoms with Gasteiger partial charge in [-0.15, -0.1) is 0 Å². The van der Waals surface area contributed by atoms with E-state index in [4.69, 9.17) is 23.2 Å². The molecule has 0 fully saturated rings. The normalized spacial score (nSPS) is 12.8. The van der Waals surface area contributed by atoms with Gasteiger partial charge in [0.15, 0.2) is 0 Å². The molecule has 17 heavy (non-hydrogen) atoms. The fourth-order valence-electron chi connectivity index (χ4n) is 0.920. The zero-order valence-corrected chi connectivity index (χ0v) is 10.4. The molecule has 1 rings (SSSR count). The predicted octanol–water partition coefficient (Wildman–Crippen LogP) is 2.93. The number of hydrogen-bond acceptors (Lipinski definition) is 2. The maximum atomic E-state index is 12.0. The fraction of sp³-hybridized carbons (Fsp3) is 0.250. The van der Waals surface area contributed by atoms with E-state index in [0.717, 1.165) is 0 Å². The fourth-order valence-corrected chi connectivity index (χ4v) is 1.90. The van der Waals surface area contributed by atoms with Crippen LogP contribution >= 0.6 is 23.2 Å². The van der Waals surface area contributed by atoms with Crippen LogP contribution in [0.25, 0.3) is 0 Å². The van der Waals surface area contributed by atoms with Crippen LogP contribution in [0.1, 0.15) is 5.56 Å². The first-order valence-electron chi connectivity index (χ1n) is 4.13. The van der Waals surface area contributed by atoms with E-state index in [-0.39, 0.29) is 10.6 Å². The van der Waals surface area contributed by atoms with Crippen LogP contribution in [0.5, 0.6) is 0 Å². The lowest BCUT2D eigenvalue weighted by Crippen LogP contribution is -2.36. The highest BCUT2D eigenvalue weighted by Gasteiger charge is 2.45. The Labute approximate surface area is 106 Å². The standard InChI is InChI=1S/C8H6Cl2F3NO2S/c9-6-2-1-5(7(10)3-6)4-14-17(15,16)8(11,12)13/h1-3,14H,4H2. The number of nitrogens with one attached hydrogen (secondary N) is 1. The summed E-state index contributed by atoms with van der Waals surface area (Å²) < 4.78 is 58.8. The maximum Gasteiger partial charge on any atom is 0.511 e. The van der Waals surface area contributed by atoms with Crippen LogP contribution in [0.3, 0.4) is 0 Å². The molecule has 0 aliphatic carbocycles. The molecule has 0 radical (unpaired) electrons. The molecule has 0 bridgehead atoms. The first kappa shape index (κ1) is 14.6. The molecule has 1 aromatic rings. The van der Waals surface area contributed by atoms with Crippen LogP contribution < -0.4 is 4.72 Å². The smallest absolute Gasteiger partial charge is 0.203 e. The quantitative estimate of drug-likeness (QED) is 0.933. The molecule has 3 nitrogen and oxygen atoms in total. The molecule has 0 aromatic heterocycles. The van der Waals surface area contributed by atoms with Gasteiger partial charge in [-0.1, -0.05) is 29.3 Å². The van der Waals surface area contributed by atoms with Crippen molar-refractivity contribution >= 4 is 33.2 Å². The Morgan fingerprint density at radius 1 is 1.24 bits per heavy atom. The molecule has 0 saturated heterocycles. The molecule has 0 saturated carbocycles. The van der Waals surface area contributed by atoms with E-state index >= 15 is 0 Å². The number of alkyl halides is 3. The third-order valence-electron chi connectivity index (χ3n) is 1.77. The van der Waals surface area contributed by atoms with Crippen molar-refractivity contribution in [3.8, 4) is 0 Å². The number of benzene rings is 1. The molecular formula is C8H6Cl2F3NO2S. The minimum Gasteiger partial charge on any atom is -0.203 e. The highest BCUT2D eigenvalue weighted by atomic mass is 35.5. The van der Waals surface area contributed by atoms with Crippen LogP contribution in [0.2, 0.25) is 10.0 Å².